The Bertz CT molecular complexity index is 1070. The minimum Gasteiger partial charge on any atom is -0.478 e. The number of thiazole rings is 1. The molecular weight excluding hydrogens is 401 g/mol. The number of aromatic carboxylic acids is 1. The number of hydrogen-bond donors (Lipinski definition) is 1. The Morgan fingerprint density at radius 3 is 2.82 bits per heavy atom. The van der Waals surface area contributed by atoms with Crippen LogP contribution in [-0.2, 0) is 0 Å². The minimum atomic E-state index is -1.20. The number of hydrazone groups is 1. The van der Waals surface area contributed by atoms with Crippen LogP contribution >= 0.6 is 22.9 Å². The summed E-state index contributed by atoms with van der Waals surface area (Å²) in [5.41, 5.74) is 1.82. The average Bonchev–Trinajstić information content (AvgIpc) is 3.40. The van der Waals surface area contributed by atoms with Crippen LogP contribution in [0.1, 0.15) is 28.8 Å². The van der Waals surface area contributed by atoms with Crippen molar-refractivity contribution in [3.8, 4) is 11.3 Å². The predicted octanol–water partition coefficient (Wildman–Crippen LogP) is 5.30. The van der Waals surface area contributed by atoms with Crippen LogP contribution in [-0.4, -0.2) is 28.3 Å². The molecule has 5 nitrogen and oxygen atoms in total. The van der Waals surface area contributed by atoms with Crippen LogP contribution in [0.5, 0.6) is 0 Å². The molecule has 2 aromatic carbocycles. The summed E-state index contributed by atoms with van der Waals surface area (Å²) >= 11 is 7.70. The van der Waals surface area contributed by atoms with Gasteiger partial charge in [0.1, 0.15) is 5.82 Å². The first-order valence-electron chi connectivity index (χ1n) is 8.59. The Balaban J connectivity index is 1.64. The lowest BCUT2D eigenvalue weighted by Crippen LogP contribution is -2.19. The largest absolute Gasteiger partial charge is 0.478 e. The van der Waals surface area contributed by atoms with Crippen LogP contribution in [0.2, 0.25) is 5.02 Å². The van der Waals surface area contributed by atoms with Crippen LogP contribution in [0.15, 0.2) is 52.9 Å². The molecule has 1 fully saturated rings. The van der Waals surface area contributed by atoms with Crippen molar-refractivity contribution in [2.24, 2.45) is 5.10 Å². The monoisotopic (exact) mass is 415 g/mol. The Hall–Kier alpha value is -2.77. The molecule has 0 bridgehead atoms. The Morgan fingerprint density at radius 2 is 2.11 bits per heavy atom. The van der Waals surface area contributed by atoms with Crippen LogP contribution in [0.4, 0.5) is 9.52 Å². The quantitative estimate of drug-likeness (QED) is 0.438. The van der Waals surface area contributed by atoms with Crippen molar-refractivity contribution < 1.29 is 14.3 Å². The van der Waals surface area contributed by atoms with Gasteiger partial charge in [0, 0.05) is 21.5 Å². The average molecular weight is 416 g/mol. The second-order valence-corrected chi connectivity index (χ2v) is 7.60. The summed E-state index contributed by atoms with van der Waals surface area (Å²) in [7, 11) is 0. The number of nitrogens with zero attached hydrogens (tertiary/aromatic N) is 3. The molecule has 1 heterocycles. The Morgan fingerprint density at radius 1 is 1.32 bits per heavy atom. The van der Waals surface area contributed by atoms with E-state index >= 15 is 0 Å². The number of carboxylic acids is 1. The lowest BCUT2D eigenvalue weighted by molar-refractivity contribution is 0.0696. The highest BCUT2D eigenvalue weighted by molar-refractivity contribution is 7.14. The van der Waals surface area contributed by atoms with Gasteiger partial charge in [0.25, 0.3) is 0 Å². The first kappa shape index (κ1) is 18.6. The molecule has 1 aromatic heterocycles. The van der Waals surface area contributed by atoms with Crippen molar-refractivity contribution in [2.45, 2.75) is 18.9 Å². The first-order chi connectivity index (χ1) is 13.5. The molecule has 0 radical (unpaired) electrons. The van der Waals surface area contributed by atoms with Gasteiger partial charge in [-0.1, -0.05) is 29.8 Å². The molecule has 0 spiro atoms. The molecule has 28 heavy (non-hydrogen) atoms. The summed E-state index contributed by atoms with van der Waals surface area (Å²) in [5, 5.41) is 18.8. The molecule has 0 aliphatic heterocycles. The molecule has 0 saturated heterocycles. The number of aromatic nitrogens is 1. The van der Waals surface area contributed by atoms with E-state index in [1.165, 1.54) is 29.7 Å². The summed E-state index contributed by atoms with van der Waals surface area (Å²) < 4.78 is 13.4. The second kappa shape index (κ2) is 7.69. The first-order valence-corrected chi connectivity index (χ1v) is 9.85. The SMILES string of the molecule is O=C(O)c1cc(F)ccc1/C=N/N(c1nc(-c2ccccc2Cl)cs1)C1CC1. The molecule has 0 atom stereocenters. The molecule has 0 amide bonds. The van der Waals surface area contributed by atoms with Gasteiger partial charge < -0.3 is 5.11 Å². The number of carboxylic acid groups (broad SMARTS) is 1. The number of benzene rings is 2. The third-order valence-corrected chi connectivity index (χ3v) is 5.46. The highest BCUT2D eigenvalue weighted by Gasteiger charge is 2.31. The fourth-order valence-electron chi connectivity index (χ4n) is 2.73. The van der Waals surface area contributed by atoms with Gasteiger partial charge in [-0.05, 0) is 37.1 Å². The fourth-order valence-corrected chi connectivity index (χ4v) is 3.82. The molecule has 0 unspecified atom stereocenters. The van der Waals surface area contributed by atoms with E-state index in [4.69, 9.17) is 11.6 Å². The van der Waals surface area contributed by atoms with Gasteiger partial charge in [-0.3, -0.25) is 0 Å². The van der Waals surface area contributed by atoms with E-state index in [-0.39, 0.29) is 11.6 Å². The van der Waals surface area contributed by atoms with Crippen LogP contribution in [0, 0.1) is 5.82 Å². The zero-order valence-electron chi connectivity index (χ0n) is 14.5. The molecule has 1 N–H and O–H groups in total. The van der Waals surface area contributed by atoms with E-state index in [0.717, 1.165) is 30.2 Å². The fraction of sp³-hybridized carbons (Fsp3) is 0.150. The van der Waals surface area contributed by atoms with E-state index in [1.807, 2.05) is 29.6 Å². The van der Waals surface area contributed by atoms with E-state index in [9.17, 15) is 14.3 Å². The second-order valence-electron chi connectivity index (χ2n) is 6.35. The summed E-state index contributed by atoms with van der Waals surface area (Å²) in [4.78, 5) is 16.0. The number of carbonyl (C=O) groups is 1. The molecule has 1 aliphatic carbocycles. The van der Waals surface area contributed by atoms with Crippen molar-refractivity contribution in [3.63, 3.8) is 0 Å². The topological polar surface area (TPSA) is 65.8 Å². The lowest BCUT2D eigenvalue weighted by atomic mass is 10.1. The van der Waals surface area contributed by atoms with Crippen molar-refractivity contribution in [1.82, 2.24) is 4.98 Å². The highest BCUT2D eigenvalue weighted by atomic mass is 35.5. The van der Waals surface area contributed by atoms with Gasteiger partial charge in [-0.25, -0.2) is 19.2 Å². The molecule has 1 aliphatic rings. The van der Waals surface area contributed by atoms with E-state index in [0.29, 0.717) is 15.7 Å². The smallest absolute Gasteiger partial charge is 0.336 e. The number of halogens is 2. The molecule has 4 rings (SSSR count). The third kappa shape index (κ3) is 3.90. The molecule has 3 aromatic rings. The lowest BCUT2D eigenvalue weighted by Gasteiger charge is -2.14. The van der Waals surface area contributed by atoms with E-state index in [1.54, 1.807) is 5.01 Å². The maximum atomic E-state index is 13.4. The normalized spacial score (nSPS) is 13.8. The van der Waals surface area contributed by atoms with Crippen molar-refractivity contribution >= 4 is 40.3 Å². The summed E-state index contributed by atoms with van der Waals surface area (Å²) in [5.74, 6) is -1.80. The highest BCUT2D eigenvalue weighted by Crippen LogP contribution is 2.37. The Labute approximate surface area is 169 Å². The van der Waals surface area contributed by atoms with Gasteiger partial charge in [0.2, 0.25) is 5.13 Å². The van der Waals surface area contributed by atoms with Crippen molar-refractivity contribution in [2.75, 3.05) is 5.01 Å². The number of hydrogen-bond acceptors (Lipinski definition) is 5. The van der Waals surface area contributed by atoms with Gasteiger partial charge in [-0.15, -0.1) is 11.3 Å². The van der Waals surface area contributed by atoms with Crippen LogP contribution < -0.4 is 5.01 Å². The molecule has 1 saturated carbocycles. The minimum absolute atomic E-state index is 0.129. The summed E-state index contributed by atoms with van der Waals surface area (Å²) in [6, 6.07) is 11.3. The number of anilines is 1. The molecule has 8 heteroatoms. The van der Waals surface area contributed by atoms with Crippen LogP contribution in [0.3, 0.4) is 0 Å². The molecular formula is C20H15ClFN3O2S. The predicted molar refractivity (Wildman–Crippen MR) is 109 cm³/mol. The van der Waals surface area contributed by atoms with Gasteiger partial charge in [0.15, 0.2) is 0 Å². The zero-order chi connectivity index (χ0) is 19.7. The third-order valence-electron chi connectivity index (χ3n) is 4.30. The maximum absolute atomic E-state index is 13.4. The van der Waals surface area contributed by atoms with Gasteiger partial charge in [-0.2, -0.15) is 5.10 Å². The van der Waals surface area contributed by atoms with E-state index in [2.05, 4.69) is 10.1 Å². The van der Waals surface area contributed by atoms with Crippen molar-refractivity contribution in [3.05, 3.63) is 69.8 Å². The maximum Gasteiger partial charge on any atom is 0.336 e. The number of rotatable bonds is 6. The van der Waals surface area contributed by atoms with Gasteiger partial charge in [0.05, 0.1) is 23.5 Å². The summed E-state index contributed by atoms with van der Waals surface area (Å²) in [6.07, 6.45) is 3.40. The Kier molecular flexibility index (Phi) is 5.11. The standard InChI is InChI=1S/C20H15ClFN3O2S/c21-17-4-2-1-3-15(17)18-11-28-20(24-18)25(14-7-8-14)23-10-12-5-6-13(22)9-16(12)19(26)27/h1-6,9-11,14H,7-8H2,(H,26,27)/b23-10+. The zero-order valence-corrected chi connectivity index (χ0v) is 16.1. The van der Waals surface area contributed by atoms with Gasteiger partial charge >= 0.3 is 5.97 Å². The van der Waals surface area contributed by atoms with E-state index < -0.39 is 11.8 Å². The van der Waals surface area contributed by atoms with Crippen LogP contribution in [0.25, 0.3) is 11.3 Å². The molecule has 142 valence electrons. The summed E-state index contributed by atoms with van der Waals surface area (Å²) in [6.45, 7) is 0. The van der Waals surface area contributed by atoms with Crippen molar-refractivity contribution in [1.29, 1.82) is 0 Å².